The molecule has 0 aliphatic heterocycles. The summed E-state index contributed by atoms with van der Waals surface area (Å²) in [6, 6.07) is 0. The van der Waals surface area contributed by atoms with Gasteiger partial charge in [-0.1, -0.05) is 41.5 Å². The van der Waals surface area contributed by atoms with Crippen LogP contribution in [-0.2, 0) is 6.42 Å². The van der Waals surface area contributed by atoms with Crippen molar-refractivity contribution in [2.45, 2.75) is 53.9 Å². The summed E-state index contributed by atoms with van der Waals surface area (Å²) in [5.74, 6) is 1.49. The fourth-order valence-corrected chi connectivity index (χ4v) is 1.27. The Morgan fingerprint density at radius 2 is 1.60 bits per heavy atom. The van der Waals surface area contributed by atoms with Gasteiger partial charge in [-0.3, -0.25) is 0 Å². The number of hydrogen-bond donors (Lipinski definition) is 0. The summed E-state index contributed by atoms with van der Waals surface area (Å²) in [7, 11) is 0. The Bertz CT molecular complexity index is 318. The maximum absolute atomic E-state index is 10.9. The minimum Gasteiger partial charge on any atom is -0.396 e. The van der Waals surface area contributed by atoms with Gasteiger partial charge >= 0.3 is 5.82 Å². The van der Waals surface area contributed by atoms with E-state index in [9.17, 15) is 4.79 Å². The Morgan fingerprint density at radius 1 is 1.07 bits per heavy atom. The van der Waals surface area contributed by atoms with E-state index in [1.807, 2.05) is 27.7 Å². The molecule has 0 unspecified atom stereocenters. The lowest BCUT2D eigenvalue weighted by Crippen LogP contribution is -1.97. The van der Waals surface area contributed by atoms with E-state index in [0.717, 1.165) is 6.42 Å². The van der Waals surface area contributed by atoms with Crippen LogP contribution in [0.1, 0.15) is 59.0 Å². The normalized spacial score (nSPS) is 10.4. The first-order valence-corrected chi connectivity index (χ1v) is 5.63. The van der Waals surface area contributed by atoms with Crippen LogP contribution >= 0.6 is 0 Å². The first kappa shape index (κ1) is 14.0. The van der Waals surface area contributed by atoms with Crippen molar-refractivity contribution < 1.29 is 8.83 Å². The highest BCUT2D eigenvalue weighted by Gasteiger charge is 2.16. The van der Waals surface area contributed by atoms with Gasteiger partial charge in [0.2, 0.25) is 0 Å². The minimum absolute atomic E-state index is 0.209. The average Bonchev–Trinajstić information content (AvgIpc) is 2.49. The predicted octanol–water partition coefficient (Wildman–Crippen LogP) is 3.58. The van der Waals surface area contributed by atoms with E-state index in [2.05, 4.69) is 13.8 Å². The van der Waals surface area contributed by atoms with Crippen molar-refractivity contribution in [3.63, 3.8) is 0 Å². The van der Waals surface area contributed by atoms with Gasteiger partial charge in [0.1, 0.15) is 0 Å². The minimum atomic E-state index is -0.584. The SMILES string of the molecule is CC.CC(C)Cc1oc(=O)oc1C(C)C. The lowest BCUT2D eigenvalue weighted by molar-refractivity contribution is 0.358. The van der Waals surface area contributed by atoms with Crippen LogP contribution in [0.15, 0.2) is 13.6 Å². The van der Waals surface area contributed by atoms with E-state index in [4.69, 9.17) is 8.83 Å². The van der Waals surface area contributed by atoms with Crippen molar-refractivity contribution in [2.75, 3.05) is 0 Å². The third-order valence-corrected chi connectivity index (χ3v) is 1.79. The standard InChI is InChI=1S/C10H16O3.C2H6/c1-6(2)5-8-9(7(3)4)13-10(11)12-8;1-2/h6-7H,5H2,1-4H3;1-2H3. The van der Waals surface area contributed by atoms with Crippen LogP contribution in [0.2, 0.25) is 0 Å². The van der Waals surface area contributed by atoms with Gasteiger partial charge in [0, 0.05) is 12.3 Å². The number of rotatable bonds is 3. The zero-order valence-corrected chi connectivity index (χ0v) is 10.6. The molecule has 0 aromatic carbocycles. The van der Waals surface area contributed by atoms with E-state index >= 15 is 0 Å². The Balaban J connectivity index is 0.000000921. The molecule has 3 heteroatoms. The van der Waals surface area contributed by atoms with Crippen molar-refractivity contribution >= 4 is 0 Å². The second-order valence-electron chi connectivity index (χ2n) is 3.99. The first-order valence-electron chi connectivity index (χ1n) is 5.63. The fraction of sp³-hybridized carbons (Fsp3) is 0.750. The molecule has 0 radical (unpaired) electrons. The summed E-state index contributed by atoms with van der Waals surface area (Å²) in [6.45, 7) is 12.1. The van der Waals surface area contributed by atoms with E-state index in [1.54, 1.807) is 0 Å². The fourth-order valence-electron chi connectivity index (χ4n) is 1.27. The van der Waals surface area contributed by atoms with Crippen LogP contribution in [0.4, 0.5) is 0 Å². The molecule has 15 heavy (non-hydrogen) atoms. The molecule has 0 N–H and O–H groups in total. The summed E-state index contributed by atoms with van der Waals surface area (Å²) >= 11 is 0. The maximum atomic E-state index is 10.9. The molecular weight excluding hydrogens is 192 g/mol. The molecule has 0 aliphatic rings. The quantitative estimate of drug-likeness (QED) is 0.772. The Hall–Kier alpha value is -0.990. The van der Waals surface area contributed by atoms with Crippen LogP contribution in [0.25, 0.3) is 0 Å². The Kier molecular flexibility index (Phi) is 6.06. The van der Waals surface area contributed by atoms with E-state index in [-0.39, 0.29) is 5.92 Å². The van der Waals surface area contributed by atoms with Crippen molar-refractivity contribution in [1.82, 2.24) is 0 Å². The van der Waals surface area contributed by atoms with Gasteiger partial charge in [-0.25, -0.2) is 4.79 Å². The maximum Gasteiger partial charge on any atom is 0.519 e. The molecule has 0 saturated carbocycles. The molecular formula is C12H22O3. The smallest absolute Gasteiger partial charge is 0.396 e. The first-order chi connectivity index (χ1) is 7.00. The van der Waals surface area contributed by atoms with Gasteiger partial charge in [0.05, 0.1) is 0 Å². The van der Waals surface area contributed by atoms with Crippen LogP contribution < -0.4 is 5.82 Å². The molecule has 0 spiro atoms. The van der Waals surface area contributed by atoms with Gasteiger partial charge in [-0.15, -0.1) is 0 Å². The summed E-state index contributed by atoms with van der Waals surface area (Å²) in [5.41, 5.74) is 0. The molecule has 0 fully saturated rings. The predicted molar refractivity (Wildman–Crippen MR) is 61.2 cm³/mol. The third kappa shape index (κ3) is 4.36. The van der Waals surface area contributed by atoms with E-state index in [0.29, 0.717) is 17.4 Å². The second-order valence-corrected chi connectivity index (χ2v) is 3.99. The molecule has 1 aromatic heterocycles. The highest BCUT2D eigenvalue weighted by Crippen LogP contribution is 2.20. The molecule has 1 aromatic rings. The monoisotopic (exact) mass is 214 g/mol. The molecule has 88 valence electrons. The van der Waals surface area contributed by atoms with Crippen LogP contribution in [0, 0.1) is 5.92 Å². The van der Waals surface area contributed by atoms with Gasteiger partial charge in [-0.05, 0) is 5.92 Å². The lowest BCUT2D eigenvalue weighted by Gasteiger charge is -2.04. The van der Waals surface area contributed by atoms with Gasteiger partial charge in [0.15, 0.2) is 11.5 Å². The van der Waals surface area contributed by atoms with Crippen molar-refractivity contribution in [2.24, 2.45) is 5.92 Å². The third-order valence-electron chi connectivity index (χ3n) is 1.79. The van der Waals surface area contributed by atoms with Crippen LogP contribution in [0.3, 0.4) is 0 Å². The van der Waals surface area contributed by atoms with Crippen LogP contribution in [0.5, 0.6) is 0 Å². The highest BCUT2D eigenvalue weighted by molar-refractivity contribution is 5.08. The lowest BCUT2D eigenvalue weighted by atomic mass is 10.0. The Morgan fingerprint density at radius 3 is 2.00 bits per heavy atom. The zero-order chi connectivity index (χ0) is 12.0. The molecule has 1 heterocycles. The van der Waals surface area contributed by atoms with Crippen molar-refractivity contribution in [3.8, 4) is 0 Å². The molecule has 0 aliphatic carbocycles. The van der Waals surface area contributed by atoms with E-state index in [1.165, 1.54) is 0 Å². The summed E-state index contributed by atoms with van der Waals surface area (Å²) in [6.07, 6.45) is 0.763. The van der Waals surface area contributed by atoms with Gasteiger partial charge < -0.3 is 8.83 Å². The molecule has 0 amide bonds. The van der Waals surface area contributed by atoms with Crippen LogP contribution in [-0.4, -0.2) is 0 Å². The zero-order valence-electron chi connectivity index (χ0n) is 10.6. The van der Waals surface area contributed by atoms with Gasteiger partial charge in [0.25, 0.3) is 0 Å². The molecule has 0 saturated heterocycles. The molecule has 3 nitrogen and oxygen atoms in total. The summed E-state index contributed by atoms with van der Waals surface area (Å²) in [5, 5.41) is 0. The second kappa shape index (κ2) is 6.49. The molecule has 0 atom stereocenters. The number of hydrogen-bond acceptors (Lipinski definition) is 3. The Labute approximate surface area is 91.5 Å². The van der Waals surface area contributed by atoms with Gasteiger partial charge in [-0.2, -0.15) is 0 Å². The summed E-state index contributed by atoms with van der Waals surface area (Å²) in [4.78, 5) is 10.9. The molecule has 0 bridgehead atoms. The highest BCUT2D eigenvalue weighted by atomic mass is 16.6. The topological polar surface area (TPSA) is 43.4 Å². The van der Waals surface area contributed by atoms with Crippen molar-refractivity contribution in [3.05, 3.63) is 22.1 Å². The average molecular weight is 214 g/mol. The largest absolute Gasteiger partial charge is 0.519 e. The van der Waals surface area contributed by atoms with Crippen molar-refractivity contribution in [1.29, 1.82) is 0 Å². The summed E-state index contributed by atoms with van der Waals surface area (Å²) < 4.78 is 9.92. The van der Waals surface area contributed by atoms with E-state index < -0.39 is 5.82 Å². The molecule has 1 rings (SSSR count).